The van der Waals surface area contributed by atoms with Crippen LogP contribution in [-0.4, -0.2) is 17.2 Å². The van der Waals surface area contributed by atoms with E-state index < -0.39 is 0 Å². The quantitative estimate of drug-likeness (QED) is 0.833. The molecule has 2 rings (SSSR count). The molecule has 0 spiro atoms. The molecule has 3 nitrogen and oxygen atoms in total. The third kappa shape index (κ3) is 2.03. The van der Waals surface area contributed by atoms with Gasteiger partial charge in [-0.25, -0.2) is 0 Å². The molecule has 2 aromatic rings. The van der Waals surface area contributed by atoms with Crippen LogP contribution in [0.15, 0.2) is 30.3 Å². The van der Waals surface area contributed by atoms with Gasteiger partial charge in [-0.3, -0.25) is 0 Å². The van der Waals surface area contributed by atoms with E-state index in [1.807, 2.05) is 26.1 Å². The summed E-state index contributed by atoms with van der Waals surface area (Å²) in [6.45, 7) is 4.10. The minimum absolute atomic E-state index is 0.830. The second-order valence-electron chi connectivity index (χ2n) is 3.88. The van der Waals surface area contributed by atoms with Crippen molar-refractivity contribution in [1.29, 1.82) is 0 Å². The lowest BCUT2D eigenvalue weighted by Crippen LogP contribution is -1.99. The van der Waals surface area contributed by atoms with Crippen molar-refractivity contribution in [3.8, 4) is 11.3 Å². The first kappa shape index (κ1) is 10.6. The molecule has 0 amide bonds. The van der Waals surface area contributed by atoms with Crippen LogP contribution in [0.25, 0.3) is 11.3 Å². The fourth-order valence-electron chi connectivity index (χ4n) is 1.68. The molecule has 0 radical (unpaired) electrons. The maximum atomic E-state index is 4.21. The fourth-order valence-corrected chi connectivity index (χ4v) is 1.68. The molecule has 1 aromatic carbocycles. The number of hydrogen-bond donors (Lipinski definition) is 1. The molecular weight excluding hydrogens is 198 g/mol. The summed E-state index contributed by atoms with van der Waals surface area (Å²) in [6.07, 6.45) is 0. The van der Waals surface area contributed by atoms with E-state index in [0.29, 0.717) is 0 Å². The Morgan fingerprint density at radius 1 is 1.06 bits per heavy atom. The Labute approximate surface area is 95.5 Å². The zero-order valence-electron chi connectivity index (χ0n) is 9.78. The van der Waals surface area contributed by atoms with Crippen LogP contribution >= 0.6 is 0 Å². The van der Waals surface area contributed by atoms with E-state index in [0.717, 1.165) is 22.6 Å². The average Bonchev–Trinajstić information content (AvgIpc) is 2.29. The van der Waals surface area contributed by atoms with Crippen LogP contribution in [0.3, 0.4) is 0 Å². The monoisotopic (exact) mass is 213 g/mol. The van der Waals surface area contributed by atoms with E-state index in [1.165, 1.54) is 5.56 Å². The summed E-state index contributed by atoms with van der Waals surface area (Å²) < 4.78 is 0. The van der Waals surface area contributed by atoms with Crippen molar-refractivity contribution >= 4 is 5.82 Å². The van der Waals surface area contributed by atoms with Gasteiger partial charge in [0.2, 0.25) is 0 Å². The highest BCUT2D eigenvalue weighted by molar-refractivity contribution is 5.62. The van der Waals surface area contributed by atoms with Crippen LogP contribution in [0, 0.1) is 13.8 Å². The zero-order chi connectivity index (χ0) is 11.5. The average molecular weight is 213 g/mol. The van der Waals surface area contributed by atoms with Gasteiger partial charge in [-0.1, -0.05) is 23.8 Å². The third-order valence-corrected chi connectivity index (χ3v) is 2.54. The maximum absolute atomic E-state index is 4.21. The second kappa shape index (κ2) is 4.31. The minimum Gasteiger partial charge on any atom is -0.371 e. The van der Waals surface area contributed by atoms with Crippen LogP contribution in [-0.2, 0) is 0 Å². The number of benzene rings is 1. The van der Waals surface area contributed by atoms with Gasteiger partial charge < -0.3 is 5.32 Å². The zero-order valence-corrected chi connectivity index (χ0v) is 9.78. The number of rotatable bonds is 2. The molecule has 3 heteroatoms. The van der Waals surface area contributed by atoms with Crippen molar-refractivity contribution in [2.75, 3.05) is 12.4 Å². The summed E-state index contributed by atoms with van der Waals surface area (Å²) in [5.41, 5.74) is 4.36. The molecule has 0 bridgehead atoms. The lowest BCUT2D eigenvalue weighted by atomic mass is 10.1. The molecule has 0 saturated carbocycles. The SMILES string of the molecule is CNc1nnc(-c2cccc(C)c2)cc1C. The van der Waals surface area contributed by atoms with Gasteiger partial charge in [0.1, 0.15) is 0 Å². The minimum atomic E-state index is 0.830. The van der Waals surface area contributed by atoms with E-state index >= 15 is 0 Å². The van der Waals surface area contributed by atoms with Crippen molar-refractivity contribution in [1.82, 2.24) is 10.2 Å². The van der Waals surface area contributed by atoms with Crippen molar-refractivity contribution < 1.29 is 0 Å². The Hall–Kier alpha value is -1.90. The Morgan fingerprint density at radius 2 is 1.88 bits per heavy atom. The van der Waals surface area contributed by atoms with Gasteiger partial charge in [-0.2, -0.15) is 0 Å². The van der Waals surface area contributed by atoms with E-state index in [9.17, 15) is 0 Å². The predicted octanol–water partition coefficient (Wildman–Crippen LogP) is 2.80. The molecule has 0 saturated heterocycles. The number of nitrogens with zero attached hydrogens (tertiary/aromatic N) is 2. The highest BCUT2D eigenvalue weighted by Crippen LogP contribution is 2.20. The summed E-state index contributed by atoms with van der Waals surface area (Å²) >= 11 is 0. The lowest BCUT2D eigenvalue weighted by Gasteiger charge is -2.06. The van der Waals surface area contributed by atoms with Crippen molar-refractivity contribution in [3.05, 3.63) is 41.5 Å². The van der Waals surface area contributed by atoms with E-state index in [1.54, 1.807) is 0 Å². The Morgan fingerprint density at radius 3 is 2.50 bits per heavy atom. The Kier molecular flexibility index (Phi) is 2.86. The molecule has 0 aliphatic heterocycles. The van der Waals surface area contributed by atoms with Crippen LogP contribution in [0.2, 0.25) is 0 Å². The summed E-state index contributed by atoms with van der Waals surface area (Å²) in [7, 11) is 1.85. The number of anilines is 1. The van der Waals surface area contributed by atoms with E-state index in [-0.39, 0.29) is 0 Å². The number of hydrogen-bond acceptors (Lipinski definition) is 3. The smallest absolute Gasteiger partial charge is 0.151 e. The van der Waals surface area contributed by atoms with Gasteiger partial charge in [0, 0.05) is 12.6 Å². The molecule has 0 unspecified atom stereocenters. The molecule has 0 aliphatic carbocycles. The van der Waals surface area contributed by atoms with Gasteiger partial charge in [0.05, 0.1) is 5.69 Å². The van der Waals surface area contributed by atoms with Gasteiger partial charge in [0.25, 0.3) is 0 Å². The van der Waals surface area contributed by atoms with Crippen LogP contribution in [0.1, 0.15) is 11.1 Å². The van der Waals surface area contributed by atoms with Gasteiger partial charge in [0.15, 0.2) is 5.82 Å². The Balaban J connectivity index is 2.45. The van der Waals surface area contributed by atoms with E-state index in [2.05, 4.69) is 40.6 Å². The summed E-state index contributed by atoms with van der Waals surface area (Å²) in [6, 6.07) is 10.3. The molecular formula is C13H15N3. The van der Waals surface area contributed by atoms with Crippen LogP contribution in [0.5, 0.6) is 0 Å². The largest absolute Gasteiger partial charge is 0.371 e. The Bertz CT molecular complexity index is 506. The second-order valence-corrected chi connectivity index (χ2v) is 3.88. The van der Waals surface area contributed by atoms with Gasteiger partial charge in [-0.05, 0) is 31.5 Å². The molecule has 82 valence electrons. The third-order valence-electron chi connectivity index (χ3n) is 2.54. The number of aromatic nitrogens is 2. The number of aryl methyl sites for hydroxylation is 2. The first-order chi connectivity index (χ1) is 7.70. The van der Waals surface area contributed by atoms with Crippen molar-refractivity contribution in [3.63, 3.8) is 0 Å². The van der Waals surface area contributed by atoms with Gasteiger partial charge in [-0.15, -0.1) is 10.2 Å². The molecule has 0 atom stereocenters. The van der Waals surface area contributed by atoms with Crippen LogP contribution in [0.4, 0.5) is 5.82 Å². The van der Waals surface area contributed by atoms with E-state index in [4.69, 9.17) is 0 Å². The molecule has 16 heavy (non-hydrogen) atoms. The van der Waals surface area contributed by atoms with Crippen molar-refractivity contribution in [2.45, 2.75) is 13.8 Å². The fraction of sp³-hybridized carbons (Fsp3) is 0.231. The van der Waals surface area contributed by atoms with Crippen molar-refractivity contribution in [2.24, 2.45) is 0 Å². The first-order valence-corrected chi connectivity index (χ1v) is 5.30. The van der Waals surface area contributed by atoms with Crippen LogP contribution < -0.4 is 5.32 Å². The highest BCUT2D eigenvalue weighted by Gasteiger charge is 2.04. The molecule has 1 aromatic heterocycles. The predicted molar refractivity (Wildman–Crippen MR) is 66.5 cm³/mol. The normalized spacial score (nSPS) is 10.2. The molecule has 0 fully saturated rings. The first-order valence-electron chi connectivity index (χ1n) is 5.30. The van der Waals surface area contributed by atoms with Gasteiger partial charge >= 0.3 is 0 Å². The molecule has 1 N–H and O–H groups in total. The summed E-state index contributed by atoms with van der Waals surface area (Å²) in [5.74, 6) is 0.830. The highest BCUT2D eigenvalue weighted by atomic mass is 15.2. The number of nitrogens with one attached hydrogen (secondary N) is 1. The summed E-state index contributed by atoms with van der Waals surface area (Å²) in [4.78, 5) is 0. The molecule has 0 aliphatic rings. The lowest BCUT2D eigenvalue weighted by molar-refractivity contribution is 1.02. The topological polar surface area (TPSA) is 37.8 Å². The maximum Gasteiger partial charge on any atom is 0.151 e. The summed E-state index contributed by atoms with van der Waals surface area (Å²) in [5, 5.41) is 11.4. The molecule has 1 heterocycles. The standard InChI is InChI=1S/C13H15N3/c1-9-5-4-6-11(7-9)12-8-10(2)13(14-3)16-15-12/h4-8H,1-3H3,(H,14,16).